The summed E-state index contributed by atoms with van der Waals surface area (Å²) in [6.07, 6.45) is 1.80. The molecule has 0 amide bonds. The molecule has 1 heterocycles. The Hall–Kier alpha value is -1.26. The van der Waals surface area contributed by atoms with Crippen molar-refractivity contribution >= 4 is 0 Å². The molecule has 1 aromatic carbocycles. The fourth-order valence-electron chi connectivity index (χ4n) is 3.29. The molecular weight excluding hydrogens is 266 g/mol. The van der Waals surface area contributed by atoms with Crippen LogP contribution in [0.1, 0.15) is 38.3 Å². The summed E-state index contributed by atoms with van der Waals surface area (Å²) in [5.74, 6) is 1.89. The SMILES string of the molecule is COc1cc2c(cc1CNC1CC(O)C1(C)C)OC(C)C2. The first-order chi connectivity index (χ1) is 9.91. The average molecular weight is 291 g/mol. The normalized spacial score (nSPS) is 29.5. The summed E-state index contributed by atoms with van der Waals surface area (Å²) in [4.78, 5) is 0. The zero-order valence-electron chi connectivity index (χ0n) is 13.3. The summed E-state index contributed by atoms with van der Waals surface area (Å²) >= 11 is 0. The third-order valence-corrected chi connectivity index (χ3v) is 5.05. The van der Waals surface area contributed by atoms with Crippen molar-refractivity contribution in [3.8, 4) is 11.5 Å². The second kappa shape index (κ2) is 5.18. The summed E-state index contributed by atoms with van der Waals surface area (Å²) < 4.78 is 11.3. The molecule has 1 aliphatic carbocycles. The summed E-state index contributed by atoms with van der Waals surface area (Å²) in [5, 5.41) is 13.4. The van der Waals surface area contributed by atoms with E-state index < -0.39 is 0 Å². The molecule has 2 aliphatic rings. The highest BCUT2D eigenvalue weighted by Crippen LogP contribution is 2.41. The first-order valence-corrected chi connectivity index (χ1v) is 7.69. The van der Waals surface area contributed by atoms with E-state index >= 15 is 0 Å². The first-order valence-electron chi connectivity index (χ1n) is 7.69. The van der Waals surface area contributed by atoms with Crippen LogP contribution in [-0.2, 0) is 13.0 Å². The Labute approximate surface area is 126 Å². The fraction of sp³-hybridized carbons (Fsp3) is 0.647. The smallest absolute Gasteiger partial charge is 0.123 e. The maximum absolute atomic E-state index is 9.82. The van der Waals surface area contributed by atoms with Gasteiger partial charge in [-0.1, -0.05) is 13.8 Å². The van der Waals surface area contributed by atoms with Gasteiger partial charge in [0.15, 0.2) is 0 Å². The van der Waals surface area contributed by atoms with Crippen molar-refractivity contribution in [2.24, 2.45) is 5.41 Å². The average Bonchev–Trinajstić information content (AvgIpc) is 2.81. The minimum atomic E-state index is -0.207. The van der Waals surface area contributed by atoms with E-state index in [9.17, 15) is 5.11 Å². The van der Waals surface area contributed by atoms with Crippen molar-refractivity contribution in [3.63, 3.8) is 0 Å². The lowest BCUT2D eigenvalue weighted by molar-refractivity contribution is -0.0730. The van der Waals surface area contributed by atoms with Crippen LogP contribution in [0.5, 0.6) is 11.5 Å². The Bertz CT molecular complexity index is 541. The molecule has 1 aromatic rings. The lowest BCUT2D eigenvalue weighted by Gasteiger charge is -2.49. The molecule has 1 aliphatic heterocycles. The van der Waals surface area contributed by atoms with Crippen molar-refractivity contribution in [1.29, 1.82) is 0 Å². The maximum Gasteiger partial charge on any atom is 0.123 e. The van der Waals surface area contributed by atoms with Crippen LogP contribution >= 0.6 is 0 Å². The van der Waals surface area contributed by atoms with Gasteiger partial charge in [0, 0.05) is 35.5 Å². The van der Waals surface area contributed by atoms with Crippen LogP contribution in [0.25, 0.3) is 0 Å². The van der Waals surface area contributed by atoms with Gasteiger partial charge in [-0.2, -0.15) is 0 Å². The number of methoxy groups -OCH3 is 1. The number of hydrogen-bond acceptors (Lipinski definition) is 4. The number of benzene rings is 1. The van der Waals surface area contributed by atoms with Crippen LogP contribution in [0.2, 0.25) is 0 Å². The molecule has 0 aromatic heterocycles. The Morgan fingerprint density at radius 2 is 2.19 bits per heavy atom. The van der Waals surface area contributed by atoms with Gasteiger partial charge in [-0.3, -0.25) is 0 Å². The molecule has 4 nitrogen and oxygen atoms in total. The zero-order chi connectivity index (χ0) is 15.2. The van der Waals surface area contributed by atoms with Gasteiger partial charge >= 0.3 is 0 Å². The van der Waals surface area contributed by atoms with Crippen LogP contribution < -0.4 is 14.8 Å². The minimum absolute atomic E-state index is 0.0605. The molecule has 116 valence electrons. The van der Waals surface area contributed by atoms with Gasteiger partial charge in [0.1, 0.15) is 17.6 Å². The predicted octanol–water partition coefficient (Wildman–Crippen LogP) is 2.27. The van der Waals surface area contributed by atoms with E-state index in [1.165, 1.54) is 5.56 Å². The van der Waals surface area contributed by atoms with Crippen molar-refractivity contribution in [1.82, 2.24) is 5.32 Å². The second-order valence-corrected chi connectivity index (χ2v) is 6.91. The summed E-state index contributed by atoms with van der Waals surface area (Å²) in [6, 6.07) is 4.52. The molecule has 21 heavy (non-hydrogen) atoms. The van der Waals surface area contributed by atoms with Gasteiger partial charge in [0.25, 0.3) is 0 Å². The van der Waals surface area contributed by atoms with Gasteiger partial charge in [-0.15, -0.1) is 0 Å². The number of ether oxygens (including phenoxy) is 2. The third-order valence-electron chi connectivity index (χ3n) is 5.05. The van der Waals surface area contributed by atoms with E-state index in [1.54, 1.807) is 7.11 Å². The van der Waals surface area contributed by atoms with E-state index in [0.29, 0.717) is 6.04 Å². The number of fused-ring (bicyclic) bond motifs is 1. The van der Waals surface area contributed by atoms with Crippen LogP contribution in [0.3, 0.4) is 0 Å². The van der Waals surface area contributed by atoms with Crippen LogP contribution in [0, 0.1) is 5.41 Å². The largest absolute Gasteiger partial charge is 0.496 e. The Kier molecular flexibility index (Phi) is 3.62. The molecule has 0 bridgehead atoms. The zero-order valence-corrected chi connectivity index (χ0v) is 13.3. The fourth-order valence-corrected chi connectivity index (χ4v) is 3.29. The molecular formula is C17H25NO3. The molecule has 3 atom stereocenters. The lowest BCUT2D eigenvalue weighted by atomic mass is 9.64. The molecule has 1 saturated carbocycles. The first kappa shape index (κ1) is 14.7. The van der Waals surface area contributed by atoms with Crippen LogP contribution in [0.4, 0.5) is 0 Å². The van der Waals surface area contributed by atoms with E-state index in [-0.39, 0.29) is 17.6 Å². The van der Waals surface area contributed by atoms with Gasteiger partial charge in [0.05, 0.1) is 13.2 Å². The molecule has 4 heteroatoms. The van der Waals surface area contributed by atoms with Gasteiger partial charge in [-0.25, -0.2) is 0 Å². The Morgan fingerprint density at radius 3 is 2.81 bits per heavy atom. The summed E-state index contributed by atoms with van der Waals surface area (Å²) in [5.41, 5.74) is 2.28. The van der Waals surface area contributed by atoms with Crippen LogP contribution in [0.15, 0.2) is 12.1 Å². The molecule has 0 spiro atoms. The van der Waals surface area contributed by atoms with Gasteiger partial charge in [-0.05, 0) is 25.5 Å². The predicted molar refractivity (Wildman–Crippen MR) is 81.8 cm³/mol. The highest BCUT2D eigenvalue weighted by molar-refractivity contribution is 5.48. The standard InChI is InChI=1S/C17H25NO3/c1-10-5-11-6-13(20-4)12(7-14(11)21-10)9-18-15-8-16(19)17(15,2)3/h6-7,10,15-16,18-19H,5,8-9H2,1-4H3. The van der Waals surface area contributed by atoms with Gasteiger partial charge < -0.3 is 19.9 Å². The van der Waals surface area contributed by atoms with Crippen molar-refractivity contribution in [2.45, 2.75) is 58.4 Å². The molecule has 3 unspecified atom stereocenters. The van der Waals surface area contributed by atoms with Crippen molar-refractivity contribution in [2.75, 3.05) is 7.11 Å². The third kappa shape index (κ3) is 2.51. The second-order valence-electron chi connectivity index (χ2n) is 6.91. The molecule has 0 saturated heterocycles. The molecule has 2 N–H and O–H groups in total. The topological polar surface area (TPSA) is 50.7 Å². The highest BCUT2D eigenvalue weighted by atomic mass is 16.5. The Balaban J connectivity index is 1.72. The maximum atomic E-state index is 9.82. The van der Waals surface area contributed by atoms with Crippen molar-refractivity contribution in [3.05, 3.63) is 23.3 Å². The van der Waals surface area contributed by atoms with Crippen LogP contribution in [-0.4, -0.2) is 30.5 Å². The minimum Gasteiger partial charge on any atom is -0.496 e. The number of aliphatic hydroxyl groups excluding tert-OH is 1. The number of rotatable bonds is 4. The molecule has 3 rings (SSSR count). The lowest BCUT2D eigenvalue weighted by Crippen LogP contribution is -2.59. The summed E-state index contributed by atoms with van der Waals surface area (Å²) in [7, 11) is 1.71. The number of nitrogens with one attached hydrogen (secondary N) is 1. The van der Waals surface area contributed by atoms with Gasteiger partial charge in [0.2, 0.25) is 0 Å². The van der Waals surface area contributed by atoms with E-state index in [1.807, 2.05) is 0 Å². The van der Waals surface area contributed by atoms with E-state index in [0.717, 1.165) is 36.4 Å². The van der Waals surface area contributed by atoms with E-state index in [2.05, 4.69) is 38.2 Å². The summed E-state index contributed by atoms with van der Waals surface area (Å²) in [6.45, 7) is 7.02. The monoisotopic (exact) mass is 291 g/mol. The molecule has 1 fully saturated rings. The van der Waals surface area contributed by atoms with Crippen molar-refractivity contribution < 1.29 is 14.6 Å². The molecule has 0 radical (unpaired) electrons. The highest BCUT2D eigenvalue weighted by Gasteiger charge is 2.46. The quantitative estimate of drug-likeness (QED) is 0.893. The van der Waals surface area contributed by atoms with E-state index in [4.69, 9.17) is 9.47 Å². The number of aliphatic hydroxyl groups is 1. The Morgan fingerprint density at radius 1 is 1.43 bits per heavy atom. The number of hydrogen-bond donors (Lipinski definition) is 2.